The van der Waals surface area contributed by atoms with Gasteiger partial charge in [-0.25, -0.2) is 4.79 Å². The Kier molecular flexibility index (Phi) is 4.72. The molecule has 0 aromatic rings. The van der Waals surface area contributed by atoms with Crippen molar-refractivity contribution in [3.05, 3.63) is 0 Å². The van der Waals surface area contributed by atoms with Crippen molar-refractivity contribution in [1.82, 2.24) is 5.32 Å². The zero-order valence-electron chi connectivity index (χ0n) is 5.95. The highest BCUT2D eigenvalue weighted by molar-refractivity contribution is 5.73. The van der Waals surface area contributed by atoms with Crippen LogP contribution in [0.15, 0.2) is 0 Å². The Hall–Kier alpha value is -1.39. The molecule has 0 unspecified atom stereocenters. The maximum Gasteiger partial charge on any atom is 0.312 e. The summed E-state index contributed by atoms with van der Waals surface area (Å²) in [6, 6.07) is -1.18. The van der Waals surface area contributed by atoms with Gasteiger partial charge >= 0.3 is 6.03 Å². The third-order valence-electron chi connectivity index (χ3n) is 1.11. The van der Waals surface area contributed by atoms with Gasteiger partial charge in [-0.05, 0) is 0 Å². The molecule has 0 aromatic heterocycles. The molecule has 0 aliphatic heterocycles. The van der Waals surface area contributed by atoms with Crippen molar-refractivity contribution in [2.24, 2.45) is 5.73 Å². The van der Waals surface area contributed by atoms with Gasteiger partial charge in [-0.2, -0.15) is 0 Å². The van der Waals surface area contributed by atoms with Gasteiger partial charge in [0.1, 0.15) is 12.6 Å². The lowest BCUT2D eigenvalue weighted by Gasteiger charge is -2.09. The molecular formula is C6H10N2O3. The minimum absolute atomic E-state index is 0.113. The highest BCUT2D eigenvalue weighted by Gasteiger charge is 2.07. The van der Waals surface area contributed by atoms with Gasteiger partial charge < -0.3 is 20.6 Å². The molecule has 0 spiro atoms. The summed E-state index contributed by atoms with van der Waals surface area (Å²) in [5.74, 6) is 0. The molecule has 0 heterocycles. The van der Waals surface area contributed by atoms with E-state index in [0.29, 0.717) is 12.6 Å². The van der Waals surface area contributed by atoms with Crippen molar-refractivity contribution in [3.8, 4) is 0 Å². The van der Waals surface area contributed by atoms with Crippen molar-refractivity contribution < 1.29 is 14.4 Å². The number of hydrogen-bond acceptors (Lipinski definition) is 3. The lowest BCUT2D eigenvalue weighted by Crippen LogP contribution is -2.39. The minimum Gasteiger partial charge on any atom is -0.352 e. The van der Waals surface area contributed by atoms with Gasteiger partial charge in [-0.1, -0.05) is 0 Å². The first kappa shape index (κ1) is 9.61. The maximum atomic E-state index is 10.2. The third kappa shape index (κ3) is 5.07. The van der Waals surface area contributed by atoms with Crippen LogP contribution in [-0.4, -0.2) is 24.6 Å². The first-order valence-corrected chi connectivity index (χ1v) is 3.14. The molecule has 2 amide bonds. The fourth-order valence-electron chi connectivity index (χ4n) is 0.648. The van der Waals surface area contributed by atoms with Crippen LogP contribution in [0.5, 0.6) is 0 Å². The van der Waals surface area contributed by atoms with E-state index in [0.717, 1.165) is 0 Å². The molecule has 0 aliphatic carbocycles. The van der Waals surface area contributed by atoms with Crippen LogP contribution in [0.2, 0.25) is 0 Å². The van der Waals surface area contributed by atoms with E-state index in [4.69, 9.17) is 5.73 Å². The second-order valence-corrected chi connectivity index (χ2v) is 2.01. The quantitative estimate of drug-likeness (QED) is 0.513. The van der Waals surface area contributed by atoms with Gasteiger partial charge in [-0.15, -0.1) is 0 Å². The summed E-state index contributed by atoms with van der Waals surface area (Å²) in [4.78, 5) is 30.2. The third-order valence-corrected chi connectivity index (χ3v) is 1.11. The van der Waals surface area contributed by atoms with Crippen molar-refractivity contribution in [2.45, 2.75) is 18.9 Å². The summed E-state index contributed by atoms with van der Waals surface area (Å²) >= 11 is 0. The molecule has 5 nitrogen and oxygen atoms in total. The van der Waals surface area contributed by atoms with E-state index in [1.54, 1.807) is 0 Å². The fourth-order valence-corrected chi connectivity index (χ4v) is 0.648. The van der Waals surface area contributed by atoms with Crippen LogP contribution in [0.1, 0.15) is 12.8 Å². The number of carbonyl (C=O) groups excluding carboxylic acids is 3. The second-order valence-electron chi connectivity index (χ2n) is 2.01. The summed E-state index contributed by atoms with van der Waals surface area (Å²) in [6.45, 7) is 0. The number of nitrogens with one attached hydrogen (secondary N) is 1. The maximum absolute atomic E-state index is 10.2. The molecule has 0 atom stereocenters. The highest BCUT2D eigenvalue weighted by Crippen LogP contribution is 1.91. The predicted octanol–water partition coefficient (Wildman–Crippen LogP) is -0.799. The standard InChI is InChI=1S/C6H10N2O3/c7-6(11)8-5(1-3-9)2-4-10/h3-5H,1-2H2,(H3,7,8,11). The summed E-state index contributed by atoms with van der Waals surface area (Å²) in [6.07, 6.45) is 1.48. The molecule has 3 N–H and O–H groups in total. The average Bonchev–Trinajstić information content (AvgIpc) is 1.87. The average molecular weight is 158 g/mol. The molecule has 0 bridgehead atoms. The molecule has 0 saturated heterocycles. The molecule has 0 aromatic carbocycles. The summed E-state index contributed by atoms with van der Waals surface area (Å²) < 4.78 is 0. The first-order valence-electron chi connectivity index (χ1n) is 3.14. The molecule has 0 fully saturated rings. The van der Waals surface area contributed by atoms with Gasteiger partial charge in [0.05, 0.1) is 0 Å². The first-order chi connectivity index (χ1) is 5.20. The SMILES string of the molecule is NC(=O)NC(CC=O)CC=O. The van der Waals surface area contributed by atoms with Crippen LogP contribution in [0.25, 0.3) is 0 Å². The molecule has 62 valence electrons. The fraction of sp³-hybridized carbons (Fsp3) is 0.500. The number of carbonyl (C=O) groups is 3. The lowest BCUT2D eigenvalue weighted by atomic mass is 10.2. The summed E-state index contributed by atoms with van der Waals surface area (Å²) in [5, 5.41) is 2.26. The molecule has 5 heteroatoms. The number of primary amides is 1. The van der Waals surface area contributed by atoms with Crippen LogP contribution in [0.4, 0.5) is 4.79 Å². The monoisotopic (exact) mass is 158 g/mol. The van der Waals surface area contributed by atoms with E-state index in [1.165, 1.54) is 0 Å². The number of nitrogens with two attached hydrogens (primary N) is 1. The Bertz CT molecular complexity index is 148. The molecule has 0 saturated carbocycles. The van der Waals surface area contributed by atoms with E-state index >= 15 is 0 Å². The van der Waals surface area contributed by atoms with E-state index in [-0.39, 0.29) is 12.8 Å². The Labute approximate surface area is 63.9 Å². The zero-order valence-corrected chi connectivity index (χ0v) is 5.95. The molecule has 0 radical (unpaired) electrons. The van der Waals surface area contributed by atoms with Crippen molar-refractivity contribution in [2.75, 3.05) is 0 Å². The van der Waals surface area contributed by atoms with Crippen LogP contribution in [0.3, 0.4) is 0 Å². The second kappa shape index (κ2) is 5.40. The highest BCUT2D eigenvalue weighted by atomic mass is 16.2. The van der Waals surface area contributed by atoms with Crippen molar-refractivity contribution >= 4 is 18.6 Å². The van der Waals surface area contributed by atoms with Crippen LogP contribution in [-0.2, 0) is 9.59 Å². The molecular weight excluding hydrogens is 148 g/mol. The van der Waals surface area contributed by atoms with Crippen LogP contribution in [0, 0.1) is 0 Å². The van der Waals surface area contributed by atoms with Gasteiger partial charge in [0.25, 0.3) is 0 Å². The Morgan fingerprint density at radius 1 is 1.36 bits per heavy atom. The van der Waals surface area contributed by atoms with Crippen molar-refractivity contribution in [3.63, 3.8) is 0 Å². The molecule has 0 aliphatic rings. The Morgan fingerprint density at radius 3 is 2.09 bits per heavy atom. The van der Waals surface area contributed by atoms with Gasteiger partial charge in [0.15, 0.2) is 0 Å². The van der Waals surface area contributed by atoms with Gasteiger partial charge in [0, 0.05) is 18.9 Å². The summed E-state index contributed by atoms with van der Waals surface area (Å²) in [7, 11) is 0. The largest absolute Gasteiger partial charge is 0.352 e. The topological polar surface area (TPSA) is 89.3 Å². The predicted molar refractivity (Wildman–Crippen MR) is 37.9 cm³/mol. The Balaban J connectivity index is 3.76. The number of urea groups is 1. The minimum atomic E-state index is -0.723. The van der Waals surface area contributed by atoms with Crippen LogP contribution >= 0.6 is 0 Å². The van der Waals surface area contributed by atoms with E-state index in [1.807, 2.05) is 0 Å². The Morgan fingerprint density at radius 2 is 1.82 bits per heavy atom. The number of amides is 2. The van der Waals surface area contributed by atoms with Gasteiger partial charge in [0.2, 0.25) is 0 Å². The molecule has 0 rings (SSSR count). The summed E-state index contributed by atoms with van der Waals surface area (Å²) in [5.41, 5.74) is 4.77. The van der Waals surface area contributed by atoms with Gasteiger partial charge in [-0.3, -0.25) is 0 Å². The van der Waals surface area contributed by atoms with E-state index in [2.05, 4.69) is 5.32 Å². The van der Waals surface area contributed by atoms with E-state index < -0.39 is 12.1 Å². The number of hydrogen-bond donors (Lipinski definition) is 2. The van der Waals surface area contributed by atoms with Crippen molar-refractivity contribution in [1.29, 1.82) is 0 Å². The zero-order chi connectivity index (χ0) is 8.69. The normalized spacial score (nSPS) is 9.18. The number of aldehydes is 2. The smallest absolute Gasteiger partial charge is 0.312 e. The van der Waals surface area contributed by atoms with Crippen LogP contribution < -0.4 is 11.1 Å². The lowest BCUT2D eigenvalue weighted by molar-refractivity contribution is -0.109. The van der Waals surface area contributed by atoms with E-state index in [9.17, 15) is 14.4 Å². The molecule has 11 heavy (non-hydrogen) atoms. The number of rotatable bonds is 5.